The fraction of sp³-hybridized carbons (Fsp3) is 0.286. The lowest BCUT2D eigenvalue weighted by atomic mass is 10.2. The molecule has 1 aromatic heterocycles. The zero-order valence-electron chi connectivity index (χ0n) is 11.4. The topological polar surface area (TPSA) is 77.2 Å². The minimum Gasteiger partial charge on any atom is -0.484 e. The molecule has 3 N–H and O–H groups in total. The molecule has 0 bridgehead atoms. The van der Waals surface area contributed by atoms with Crippen molar-refractivity contribution in [2.24, 2.45) is 5.73 Å². The van der Waals surface area contributed by atoms with Crippen molar-refractivity contribution in [1.82, 2.24) is 4.98 Å². The molecule has 1 heterocycles. The maximum atomic E-state index is 10.6. The average molecular weight is 291 g/mol. The van der Waals surface area contributed by atoms with Crippen molar-refractivity contribution in [3.05, 3.63) is 40.3 Å². The van der Waals surface area contributed by atoms with Crippen LogP contribution in [0.25, 0.3) is 0 Å². The van der Waals surface area contributed by atoms with Crippen LogP contribution in [0.3, 0.4) is 0 Å². The zero-order chi connectivity index (χ0) is 14.5. The molecule has 0 saturated heterocycles. The summed E-state index contributed by atoms with van der Waals surface area (Å²) >= 11 is 1.64. The van der Waals surface area contributed by atoms with E-state index in [-0.39, 0.29) is 12.6 Å². The molecular weight excluding hydrogens is 274 g/mol. The fourth-order valence-corrected chi connectivity index (χ4v) is 2.41. The SMILES string of the molecule is Cc1nc(C(C)Nc2ccc(OCC(N)=O)cc2)cs1. The number of aromatic nitrogens is 1. The summed E-state index contributed by atoms with van der Waals surface area (Å²) < 4.78 is 5.20. The quantitative estimate of drug-likeness (QED) is 0.857. The van der Waals surface area contributed by atoms with Crippen LogP contribution in [0.4, 0.5) is 5.69 Å². The Morgan fingerprint density at radius 2 is 2.15 bits per heavy atom. The zero-order valence-corrected chi connectivity index (χ0v) is 12.2. The summed E-state index contributed by atoms with van der Waals surface area (Å²) in [6.07, 6.45) is 0. The van der Waals surface area contributed by atoms with Crippen LogP contribution >= 0.6 is 11.3 Å². The lowest BCUT2D eigenvalue weighted by Crippen LogP contribution is -2.19. The number of aryl methyl sites for hydroxylation is 1. The molecule has 1 amide bonds. The Balaban J connectivity index is 1.94. The summed E-state index contributed by atoms with van der Waals surface area (Å²) in [6.45, 7) is 3.94. The van der Waals surface area contributed by atoms with Crippen LogP contribution in [0, 0.1) is 6.92 Å². The second-order valence-electron chi connectivity index (χ2n) is 4.44. The first kappa shape index (κ1) is 14.3. The van der Waals surface area contributed by atoms with Crippen LogP contribution in [0.2, 0.25) is 0 Å². The monoisotopic (exact) mass is 291 g/mol. The number of hydrogen-bond donors (Lipinski definition) is 2. The van der Waals surface area contributed by atoms with Gasteiger partial charge in [0.2, 0.25) is 0 Å². The number of thiazole rings is 1. The van der Waals surface area contributed by atoms with Gasteiger partial charge >= 0.3 is 0 Å². The molecule has 6 heteroatoms. The fourth-order valence-electron chi connectivity index (χ4n) is 1.70. The molecule has 20 heavy (non-hydrogen) atoms. The number of rotatable bonds is 6. The number of carbonyl (C=O) groups is 1. The number of carbonyl (C=O) groups excluding carboxylic acids is 1. The Bertz CT molecular complexity index is 580. The third-order valence-corrected chi connectivity index (χ3v) is 3.49. The van der Waals surface area contributed by atoms with Gasteiger partial charge in [-0.15, -0.1) is 11.3 Å². The summed E-state index contributed by atoms with van der Waals surface area (Å²) in [5, 5.41) is 6.47. The number of ether oxygens (including phenoxy) is 1. The van der Waals surface area contributed by atoms with Crippen molar-refractivity contribution >= 4 is 22.9 Å². The van der Waals surface area contributed by atoms with Gasteiger partial charge < -0.3 is 15.8 Å². The van der Waals surface area contributed by atoms with Gasteiger partial charge in [-0.2, -0.15) is 0 Å². The lowest BCUT2D eigenvalue weighted by molar-refractivity contribution is -0.119. The number of primary amides is 1. The summed E-state index contributed by atoms with van der Waals surface area (Å²) in [5.41, 5.74) is 7.02. The van der Waals surface area contributed by atoms with Crippen LogP contribution in [0.1, 0.15) is 23.7 Å². The molecule has 106 valence electrons. The van der Waals surface area contributed by atoms with Crippen molar-refractivity contribution in [2.75, 3.05) is 11.9 Å². The van der Waals surface area contributed by atoms with Crippen LogP contribution in [-0.2, 0) is 4.79 Å². The minimum atomic E-state index is -0.486. The molecule has 2 aromatic rings. The van der Waals surface area contributed by atoms with E-state index in [4.69, 9.17) is 10.5 Å². The van der Waals surface area contributed by atoms with Crippen molar-refractivity contribution in [3.63, 3.8) is 0 Å². The molecule has 0 fully saturated rings. The predicted octanol–water partition coefficient (Wildman–Crippen LogP) is 2.49. The number of nitrogens with zero attached hydrogens (tertiary/aromatic N) is 1. The van der Waals surface area contributed by atoms with E-state index in [0.29, 0.717) is 5.75 Å². The Hall–Kier alpha value is -2.08. The van der Waals surface area contributed by atoms with Gasteiger partial charge in [-0.3, -0.25) is 4.79 Å². The normalized spacial score (nSPS) is 11.9. The summed E-state index contributed by atoms with van der Waals surface area (Å²) in [7, 11) is 0. The third-order valence-electron chi connectivity index (χ3n) is 2.70. The van der Waals surface area contributed by atoms with E-state index in [0.717, 1.165) is 16.4 Å². The van der Waals surface area contributed by atoms with E-state index >= 15 is 0 Å². The van der Waals surface area contributed by atoms with Crippen molar-refractivity contribution < 1.29 is 9.53 Å². The van der Waals surface area contributed by atoms with Gasteiger partial charge in [0.1, 0.15) is 5.75 Å². The number of anilines is 1. The number of nitrogens with one attached hydrogen (secondary N) is 1. The maximum Gasteiger partial charge on any atom is 0.255 e. The van der Waals surface area contributed by atoms with Crippen LogP contribution in [0.15, 0.2) is 29.6 Å². The number of amides is 1. The van der Waals surface area contributed by atoms with E-state index in [9.17, 15) is 4.79 Å². The van der Waals surface area contributed by atoms with Gasteiger partial charge in [0.15, 0.2) is 6.61 Å². The highest BCUT2D eigenvalue weighted by Crippen LogP contribution is 2.22. The number of benzene rings is 1. The van der Waals surface area contributed by atoms with Gasteiger partial charge in [0.05, 0.1) is 16.7 Å². The highest BCUT2D eigenvalue weighted by Gasteiger charge is 2.08. The first-order valence-electron chi connectivity index (χ1n) is 6.24. The van der Waals surface area contributed by atoms with Crippen molar-refractivity contribution in [3.8, 4) is 5.75 Å². The predicted molar refractivity (Wildman–Crippen MR) is 80.0 cm³/mol. The van der Waals surface area contributed by atoms with E-state index < -0.39 is 5.91 Å². The molecule has 1 atom stereocenters. The summed E-state index contributed by atoms with van der Waals surface area (Å²) in [6, 6.07) is 7.52. The second kappa shape index (κ2) is 6.38. The molecule has 1 unspecified atom stereocenters. The molecule has 0 aliphatic heterocycles. The molecule has 0 spiro atoms. The Kier molecular flexibility index (Phi) is 4.57. The molecule has 2 rings (SSSR count). The highest BCUT2D eigenvalue weighted by molar-refractivity contribution is 7.09. The standard InChI is InChI=1S/C14H17N3O2S/c1-9(13-8-20-10(2)17-13)16-11-3-5-12(6-4-11)19-7-14(15)18/h3-6,8-9,16H,7H2,1-2H3,(H2,15,18). The largest absolute Gasteiger partial charge is 0.484 e. The van der Waals surface area contributed by atoms with Gasteiger partial charge in [-0.1, -0.05) is 0 Å². The first-order chi connectivity index (χ1) is 9.54. The van der Waals surface area contributed by atoms with E-state index in [1.165, 1.54) is 0 Å². The lowest BCUT2D eigenvalue weighted by Gasteiger charge is -2.13. The molecule has 0 saturated carbocycles. The molecule has 0 radical (unpaired) electrons. The third kappa shape index (κ3) is 3.96. The summed E-state index contributed by atoms with van der Waals surface area (Å²) in [4.78, 5) is 15.1. The molecular formula is C14H17N3O2S. The molecule has 0 aliphatic carbocycles. The van der Waals surface area contributed by atoms with E-state index in [2.05, 4.69) is 22.6 Å². The van der Waals surface area contributed by atoms with Gasteiger partial charge in [0.25, 0.3) is 5.91 Å². The van der Waals surface area contributed by atoms with Gasteiger partial charge in [-0.25, -0.2) is 4.98 Å². The average Bonchev–Trinajstić information content (AvgIpc) is 2.85. The first-order valence-corrected chi connectivity index (χ1v) is 7.12. The Labute approximate surface area is 121 Å². The number of hydrogen-bond acceptors (Lipinski definition) is 5. The number of nitrogens with two attached hydrogens (primary N) is 1. The minimum absolute atomic E-state index is 0.110. The molecule has 5 nitrogen and oxygen atoms in total. The van der Waals surface area contributed by atoms with Crippen LogP contribution in [0.5, 0.6) is 5.75 Å². The maximum absolute atomic E-state index is 10.6. The summed E-state index contributed by atoms with van der Waals surface area (Å²) in [5.74, 6) is 0.131. The van der Waals surface area contributed by atoms with Crippen LogP contribution in [-0.4, -0.2) is 17.5 Å². The highest BCUT2D eigenvalue weighted by atomic mass is 32.1. The Morgan fingerprint density at radius 1 is 1.45 bits per heavy atom. The molecule has 1 aromatic carbocycles. The van der Waals surface area contributed by atoms with E-state index in [1.54, 1.807) is 23.5 Å². The van der Waals surface area contributed by atoms with Crippen LogP contribution < -0.4 is 15.8 Å². The van der Waals surface area contributed by atoms with Gasteiger partial charge in [-0.05, 0) is 38.1 Å². The Morgan fingerprint density at radius 3 is 2.70 bits per heavy atom. The smallest absolute Gasteiger partial charge is 0.255 e. The van der Waals surface area contributed by atoms with Crippen molar-refractivity contribution in [2.45, 2.75) is 19.9 Å². The molecule has 0 aliphatic rings. The second-order valence-corrected chi connectivity index (χ2v) is 5.50. The van der Waals surface area contributed by atoms with Crippen molar-refractivity contribution in [1.29, 1.82) is 0 Å². The van der Waals surface area contributed by atoms with E-state index in [1.807, 2.05) is 19.1 Å². The van der Waals surface area contributed by atoms with Gasteiger partial charge in [0, 0.05) is 11.1 Å².